The number of hydrogen-bond acceptors (Lipinski definition) is 4. The summed E-state index contributed by atoms with van der Waals surface area (Å²) in [6, 6.07) is 11.4. The monoisotopic (exact) mass is 343 g/mol. The fraction of sp³-hybridized carbons (Fsp3) is 0.350. The Balaban J connectivity index is 2.13. The summed E-state index contributed by atoms with van der Waals surface area (Å²) in [6.07, 6.45) is 0.685. The van der Waals surface area contributed by atoms with Crippen LogP contribution in [-0.4, -0.2) is 45.7 Å². The number of methoxy groups -OCH3 is 3. The molecule has 2 rings (SSSR count). The lowest BCUT2D eigenvalue weighted by atomic mass is 10.1. The van der Waals surface area contributed by atoms with E-state index in [2.05, 4.69) is 0 Å². The van der Waals surface area contributed by atoms with Gasteiger partial charge in [0.25, 0.3) is 5.91 Å². The summed E-state index contributed by atoms with van der Waals surface area (Å²) in [4.78, 5) is 14.3. The van der Waals surface area contributed by atoms with E-state index in [0.29, 0.717) is 30.2 Å². The molecule has 0 radical (unpaired) electrons. The number of carbonyl (C=O) groups excluding carboxylic acids is 1. The summed E-state index contributed by atoms with van der Waals surface area (Å²) >= 11 is 0. The molecule has 0 unspecified atom stereocenters. The second-order valence-corrected chi connectivity index (χ2v) is 5.83. The van der Waals surface area contributed by atoms with E-state index in [4.69, 9.17) is 14.2 Å². The van der Waals surface area contributed by atoms with Crippen molar-refractivity contribution in [1.29, 1.82) is 0 Å². The highest BCUT2D eigenvalue weighted by atomic mass is 16.5. The van der Waals surface area contributed by atoms with Crippen LogP contribution in [0, 0.1) is 6.92 Å². The molecule has 0 spiro atoms. The van der Waals surface area contributed by atoms with Crippen LogP contribution >= 0.6 is 0 Å². The van der Waals surface area contributed by atoms with E-state index in [-0.39, 0.29) is 5.91 Å². The molecule has 134 valence electrons. The first kappa shape index (κ1) is 18.6. The van der Waals surface area contributed by atoms with Gasteiger partial charge >= 0.3 is 0 Å². The Hall–Kier alpha value is -2.69. The van der Waals surface area contributed by atoms with Crippen molar-refractivity contribution in [2.24, 2.45) is 0 Å². The summed E-state index contributed by atoms with van der Waals surface area (Å²) in [6.45, 7) is 2.53. The molecule has 0 aliphatic rings. The molecule has 0 saturated carbocycles. The molecule has 25 heavy (non-hydrogen) atoms. The van der Waals surface area contributed by atoms with Gasteiger partial charge in [0.05, 0.1) is 21.3 Å². The predicted octanol–water partition coefficient (Wildman–Crippen LogP) is 3.34. The zero-order chi connectivity index (χ0) is 18.4. The van der Waals surface area contributed by atoms with Crippen molar-refractivity contribution in [2.45, 2.75) is 13.3 Å². The van der Waals surface area contributed by atoms with Crippen LogP contribution in [0.15, 0.2) is 36.4 Å². The first-order valence-corrected chi connectivity index (χ1v) is 8.11. The summed E-state index contributed by atoms with van der Waals surface area (Å²) in [7, 11) is 6.57. The third kappa shape index (κ3) is 4.24. The quantitative estimate of drug-likeness (QED) is 0.774. The normalized spacial score (nSPS) is 10.3. The number of aryl methyl sites for hydroxylation is 1. The van der Waals surface area contributed by atoms with Gasteiger partial charge < -0.3 is 19.1 Å². The minimum Gasteiger partial charge on any atom is -0.493 e. The maximum atomic E-state index is 12.6. The molecule has 0 aliphatic heterocycles. The first-order chi connectivity index (χ1) is 12.0. The van der Waals surface area contributed by atoms with Crippen molar-refractivity contribution in [3.05, 3.63) is 53.1 Å². The largest absolute Gasteiger partial charge is 0.493 e. The van der Waals surface area contributed by atoms with Crippen LogP contribution < -0.4 is 14.2 Å². The fourth-order valence-electron chi connectivity index (χ4n) is 2.70. The third-order valence-electron chi connectivity index (χ3n) is 4.18. The minimum atomic E-state index is 0.0190. The van der Waals surface area contributed by atoms with Crippen LogP contribution in [0.25, 0.3) is 0 Å². The predicted molar refractivity (Wildman–Crippen MR) is 97.9 cm³/mol. The van der Waals surface area contributed by atoms with Gasteiger partial charge in [0.1, 0.15) is 0 Å². The van der Waals surface area contributed by atoms with Gasteiger partial charge in [-0.15, -0.1) is 0 Å². The summed E-state index contributed by atoms with van der Waals surface area (Å²) < 4.78 is 16.1. The fourth-order valence-corrected chi connectivity index (χ4v) is 2.70. The summed E-state index contributed by atoms with van der Waals surface area (Å²) in [5, 5.41) is 0. The lowest BCUT2D eigenvalue weighted by Crippen LogP contribution is -2.29. The molecule has 0 heterocycles. The van der Waals surface area contributed by atoms with E-state index in [1.54, 1.807) is 26.2 Å². The van der Waals surface area contributed by atoms with Crippen LogP contribution in [0.2, 0.25) is 0 Å². The molecule has 5 nitrogen and oxygen atoms in total. The summed E-state index contributed by atoms with van der Waals surface area (Å²) in [5.41, 5.74) is 2.72. The lowest BCUT2D eigenvalue weighted by molar-refractivity contribution is 0.0796. The zero-order valence-electron chi connectivity index (χ0n) is 15.5. The minimum absolute atomic E-state index is 0.0190. The molecule has 0 aromatic heterocycles. The van der Waals surface area contributed by atoms with Crippen LogP contribution in [-0.2, 0) is 6.42 Å². The highest BCUT2D eigenvalue weighted by molar-refractivity contribution is 5.95. The molecular weight excluding hydrogens is 318 g/mol. The van der Waals surface area contributed by atoms with E-state index in [9.17, 15) is 4.79 Å². The smallest absolute Gasteiger partial charge is 0.253 e. The van der Waals surface area contributed by atoms with Crippen molar-refractivity contribution in [1.82, 2.24) is 4.90 Å². The van der Waals surface area contributed by atoms with Crippen molar-refractivity contribution < 1.29 is 19.0 Å². The molecule has 0 bridgehead atoms. The van der Waals surface area contributed by atoms with Crippen LogP contribution in [0.3, 0.4) is 0 Å². The van der Waals surface area contributed by atoms with Crippen LogP contribution in [0.4, 0.5) is 0 Å². The highest BCUT2D eigenvalue weighted by Crippen LogP contribution is 2.38. The molecule has 0 saturated heterocycles. The Bertz CT molecular complexity index is 717. The SMILES string of the molecule is COc1cc(CCN(C)C(=O)c2ccccc2C)cc(OC)c1OC. The molecule has 2 aromatic carbocycles. The number of benzene rings is 2. The second kappa shape index (κ2) is 8.42. The Labute approximate surface area is 149 Å². The van der Waals surface area contributed by atoms with Gasteiger partial charge in [-0.2, -0.15) is 0 Å². The number of nitrogens with zero attached hydrogens (tertiary/aromatic N) is 1. The Morgan fingerprint density at radius 1 is 1.00 bits per heavy atom. The van der Waals surface area contributed by atoms with Gasteiger partial charge in [0, 0.05) is 19.2 Å². The van der Waals surface area contributed by atoms with Crippen LogP contribution in [0.1, 0.15) is 21.5 Å². The second-order valence-electron chi connectivity index (χ2n) is 5.83. The molecule has 0 N–H and O–H groups in total. The highest BCUT2D eigenvalue weighted by Gasteiger charge is 2.16. The van der Waals surface area contributed by atoms with Gasteiger partial charge in [0.15, 0.2) is 11.5 Å². The molecule has 2 aromatic rings. The van der Waals surface area contributed by atoms with E-state index in [0.717, 1.165) is 16.7 Å². The maximum absolute atomic E-state index is 12.6. The third-order valence-corrected chi connectivity index (χ3v) is 4.18. The zero-order valence-corrected chi connectivity index (χ0v) is 15.5. The van der Waals surface area contributed by atoms with Crippen molar-refractivity contribution in [3.63, 3.8) is 0 Å². The van der Waals surface area contributed by atoms with Gasteiger partial charge in [-0.3, -0.25) is 4.79 Å². The van der Waals surface area contributed by atoms with Gasteiger partial charge in [-0.25, -0.2) is 0 Å². The topological polar surface area (TPSA) is 48.0 Å². The molecule has 0 atom stereocenters. The van der Waals surface area contributed by atoms with E-state index < -0.39 is 0 Å². The Kier molecular flexibility index (Phi) is 6.28. The molecule has 0 fully saturated rings. The van der Waals surface area contributed by atoms with Gasteiger partial charge in [-0.05, 0) is 42.7 Å². The number of amides is 1. The van der Waals surface area contributed by atoms with E-state index >= 15 is 0 Å². The molecular formula is C20H25NO4. The standard InChI is InChI=1S/C20H25NO4/c1-14-8-6-7-9-16(14)20(22)21(2)11-10-15-12-17(23-3)19(25-5)18(13-15)24-4/h6-9,12-13H,10-11H2,1-5H3. The first-order valence-electron chi connectivity index (χ1n) is 8.11. The van der Waals surface area contributed by atoms with E-state index in [1.165, 1.54) is 0 Å². The maximum Gasteiger partial charge on any atom is 0.253 e. The number of hydrogen-bond donors (Lipinski definition) is 0. The molecule has 1 amide bonds. The number of rotatable bonds is 7. The molecule has 0 aliphatic carbocycles. The Morgan fingerprint density at radius 3 is 2.12 bits per heavy atom. The molecule has 5 heteroatoms. The van der Waals surface area contributed by atoms with Crippen molar-refractivity contribution in [2.75, 3.05) is 34.9 Å². The van der Waals surface area contributed by atoms with Crippen LogP contribution in [0.5, 0.6) is 17.2 Å². The van der Waals surface area contributed by atoms with Crippen molar-refractivity contribution in [3.8, 4) is 17.2 Å². The summed E-state index contributed by atoms with van der Waals surface area (Å²) in [5.74, 6) is 1.82. The lowest BCUT2D eigenvalue weighted by Gasteiger charge is -2.19. The average molecular weight is 343 g/mol. The van der Waals surface area contributed by atoms with Gasteiger partial charge in [-0.1, -0.05) is 18.2 Å². The average Bonchev–Trinajstić information content (AvgIpc) is 2.64. The number of carbonyl (C=O) groups is 1. The van der Waals surface area contributed by atoms with Crippen molar-refractivity contribution >= 4 is 5.91 Å². The number of likely N-dealkylation sites (N-methyl/N-ethyl adjacent to an activating group) is 1. The van der Waals surface area contributed by atoms with E-state index in [1.807, 2.05) is 50.4 Å². The Morgan fingerprint density at radius 2 is 1.60 bits per heavy atom. The number of ether oxygens (including phenoxy) is 3. The van der Waals surface area contributed by atoms with Gasteiger partial charge in [0.2, 0.25) is 5.75 Å².